The van der Waals surface area contributed by atoms with Gasteiger partial charge < -0.3 is 14.8 Å². The Kier molecular flexibility index (Phi) is 6.76. The number of benzene rings is 2. The number of amides is 1. The van der Waals surface area contributed by atoms with Gasteiger partial charge in [0.25, 0.3) is 0 Å². The summed E-state index contributed by atoms with van der Waals surface area (Å²) in [6, 6.07) is 12.5. The molecular formula is C21H26N2O5S. The zero-order valence-corrected chi connectivity index (χ0v) is 17.4. The molecule has 29 heavy (non-hydrogen) atoms. The highest BCUT2D eigenvalue weighted by molar-refractivity contribution is 7.88. The Bertz CT molecular complexity index is 956. The number of carbonyl (C=O) groups is 1. The van der Waals surface area contributed by atoms with Crippen molar-refractivity contribution in [2.24, 2.45) is 0 Å². The van der Waals surface area contributed by atoms with Crippen LogP contribution in [0.4, 0.5) is 0 Å². The minimum absolute atomic E-state index is 0.0675. The number of hydrogen-bond donors (Lipinski definition) is 2. The number of hydrogen-bond acceptors (Lipinski definition) is 5. The maximum absolute atomic E-state index is 12.2. The molecule has 0 saturated heterocycles. The first-order valence-corrected chi connectivity index (χ1v) is 11.2. The van der Waals surface area contributed by atoms with Gasteiger partial charge in [-0.2, -0.15) is 0 Å². The molecule has 1 heterocycles. The van der Waals surface area contributed by atoms with Crippen molar-refractivity contribution in [3.05, 3.63) is 59.2 Å². The fraction of sp³-hybridized carbons (Fsp3) is 0.381. The standard InChI is InChI=1S/C21H26N2O5S/c1-15(2)23-29(25,26)14-17-5-3-16(4-6-17)13-22-21(24)12-18-7-8-19-20(11-18)28-10-9-27-19/h3-8,11,15,23H,9-10,12-14H2,1-2H3,(H,22,24). The van der Waals surface area contributed by atoms with E-state index >= 15 is 0 Å². The summed E-state index contributed by atoms with van der Waals surface area (Å²) < 4.78 is 37.6. The molecule has 2 aromatic rings. The summed E-state index contributed by atoms with van der Waals surface area (Å²) in [7, 11) is -3.35. The maximum Gasteiger partial charge on any atom is 0.224 e. The average Bonchev–Trinajstić information content (AvgIpc) is 2.66. The van der Waals surface area contributed by atoms with Gasteiger partial charge in [-0.05, 0) is 42.7 Å². The monoisotopic (exact) mass is 418 g/mol. The summed E-state index contributed by atoms with van der Waals surface area (Å²) in [5.41, 5.74) is 2.45. The van der Waals surface area contributed by atoms with E-state index < -0.39 is 10.0 Å². The molecular weight excluding hydrogens is 392 g/mol. The van der Waals surface area contributed by atoms with Crippen LogP contribution in [0, 0.1) is 0 Å². The fourth-order valence-electron chi connectivity index (χ4n) is 3.02. The van der Waals surface area contributed by atoms with Gasteiger partial charge in [0, 0.05) is 12.6 Å². The molecule has 0 saturated carbocycles. The van der Waals surface area contributed by atoms with Crippen LogP contribution in [0.3, 0.4) is 0 Å². The van der Waals surface area contributed by atoms with E-state index in [1.165, 1.54) is 0 Å². The molecule has 1 amide bonds. The fourth-order valence-corrected chi connectivity index (χ4v) is 4.45. The number of ether oxygens (including phenoxy) is 2. The van der Waals surface area contributed by atoms with Crippen molar-refractivity contribution < 1.29 is 22.7 Å². The highest BCUT2D eigenvalue weighted by atomic mass is 32.2. The molecule has 0 fully saturated rings. The van der Waals surface area contributed by atoms with E-state index in [0.717, 1.165) is 11.1 Å². The third-order valence-corrected chi connectivity index (χ3v) is 5.80. The van der Waals surface area contributed by atoms with Crippen molar-refractivity contribution >= 4 is 15.9 Å². The van der Waals surface area contributed by atoms with Crippen LogP contribution in [0.15, 0.2) is 42.5 Å². The lowest BCUT2D eigenvalue weighted by Gasteiger charge is -2.18. The second kappa shape index (κ2) is 9.28. The van der Waals surface area contributed by atoms with E-state index in [9.17, 15) is 13.2 Å². The van der Waals surface area contributed by atoms with Gasteiger partial charge in [0.05, 0.1) is 12.2 Å². The molecule has 0 bridgehead atoms. The molecule has 1 aliphatic rings. The van der Waals surface area contributed by atoms with Gasteiger partial charge in [-0.3, -0.25) is 4.79 Å². The zero-order chi connectivity index (χ0) is 20.9. The summed E-state index contributed by atoms with van der Waals surface area (Å²) in [6.45, 7) is 4.99. The van der Waals surface area contributed by atoms with Crippen LogP contribution in [-0.4, -0.2) is 33.6 Å². The zero-order valence-electron chi connectivity index (χ0n) is 16.6. The molecule has 0 aromatic heterocycles. The van der Waals surface area contributed by atoms with Crippen molar-refractivity contribution in [1.82, 2.24) is 10.0 Å². The van der Waals surface area contributed by atoms with Crippen LogP contribution in [0.2, 0.25) is 0 Å². The van der Waals surface area contributed by atoms with Gasteiger partial charge in [-0.25, -0.2) is 13.1 Å². The molecule has 0 aliphatic carbocycles. The highest BCUT2D eigenvalue weighted by Crippen LogP contribution is 2.30. The molecule has 0 spiro atoms. The smallest absolute Gasteiger partial charge is 0.224 e. The van der Waals surface area contributed by atoms with Gasteiger partial charge in [-0.15, -0.1) is 0 Å². The summed E-state index contributed by atoms with van der Waals surface area (Å²) in [6.07, 6.45) is 0.244. The predicted octanol–water partition coefficient (Wildman–Crippen LogP) is 2.14. The first kappa shape index (κ1) is 21.1. The Morgan fingerprint density at radius 2 is 1.59 bits per heavy atom. The number of sulfonamides is 1. The van der Waals surface area contributed by atoms with Crippen molar-refractivity contribution in [3.8, 4) is 11.5 Å². The minimum atomic E-state index is -3.35. The summed E-state index contributed by atoms with van der Waals surface area (Å²) in [5, 5.41) is 2.88. The van der Waals surface area contributed by atoms with Gasteiger partial charge in [-0.1, -0.05) is 30.3 Å². The van der Waals surface area contributed by atoms with E-state index in [4.69, 9.17) is 9.47 Å². The number of rotatable bonds is 8. The minimum Gasteiger partial charge on any atom is -0.486 e. The largest absolute Gasteiger partial charge is 0.486 e. The Labute approximate surface area is 171 Å². The van der Waals surface area contributed by atoms with Crippen molar-refractivity contribution in [3.63, 3.8) is 0 Å². The van der Waals surface area contributed by atoms with Crippen LogP contribution in [0.5, 0.6) is 11.5 Å². The van der Waals surface area contributed by atoms with Crippen molar-refractivity contribution in [2.75, 3.05) is 13.2 Å². The summed E-state index contributed by atoms with van der Waals surface area (Å²) >= 11 is 0. The topological polar surface area (TPSA) is 93.7 Å². The van der Waals surface area contributed by atoms with Crippen LogP contribution >= 0.6 is 0 Å². The molecule has 156 valence electrons. The van der Waals surface area contributed by atoms with E-state index in [1.807, 2.05) is 30.3 Å². The lowest BCUT2D eigenvalue weighted by atomic mass is 10.1. The van der Waals surface area contributed by atoms with E-state index in [0.29, 0.717) is 36.8 Å². The third-order valence-electron chi connectivity index (χ3n) is 4.26. The molecule has 1 aliphatic heterocycles. The number of carbonyl (C=O) groups excluding carboxylic acids is 1. The first-order chi connectivity index (χ1) is 13.8. The van der Waals surface area contributed by atoms with Crippen LogP contribution in [0.1, 0.15) is 30.5 Å². The first-order valence-electron chi connectivity index (χ1n) is 9.54. The molecule has 2 N–H and O–H groups in total. The number of nitrogens with one attached hydrogen (secondary N) is 2. The normalized spacial score (nSPS) is 13.3. The second-order valence-corrected chi connectivity index (χ2v) is 9.03. The second-order valence-electron chi connectivity index (χ2n) is 7.28. The summed E-state index contributed by atoms with van der Waals surface area (Å²) in [5.74, 6) is 1.20. The quantitative estimate of drug-likeness (QED) is 0.685. The predicted molar refractivity (Wildman–Crippen MR) is 110 cm³/mol. The third kappa shape index (κ3) is 6.47. The lowest BCUT2D eigenvalue weighted by Crippen LogP contribution is -2.31. The van der Waals surface area contributed by atoms with Crippen LogP contribution in [0.25, 0.3) is 0 Å². The Morgan fingerprint density at radius 3 is 2.28 bits per heavy atom. The van der Waals surface area contributed by atoms with Crippen molar-refractivity contribution in [2.45, 2.75) is 38.6 Å². The molecule has 2 aromatic carbocycles. The van der Waals surface area contributed by atoms with E-state index in [1.54, 1.807) is 26.0 Å². The maximum atomic E-state index is 12.2. The molecule has 8 heteroatoms. The van der Waals surface area contributed by atoms with Crippen LogP contribution < -0.4 is 19.5 Å². The number of fused-ring (bicyclic) bond motifs is 1. The average molecular weight is 419 g/mol. The lowest BCUT2D eigenvalue weighted by molar-refractivity contribution is -0.120. The Hall–Kier alpha value is -2.58. The van der Waals surface area contributed by atoms with E-state index in [-0.39, 0.29) is 24.1 Å². The molecule has 7 nitrogen and oxygen atoms in total. The molecule has 0 atom stereocenters. The SMILES string of the molecule is CC(C)NS(=O)(=O)Cc1ccc(CNC(=O)Cc2ccc3c(c2)OCCO3)cc1. The van der Waals surface area contributed by atoms with Gasteiger partial charge >= 0.3 is 0 Å². The van der Waals surface area contributed by atoms with Crippen molar-refractivity contribution in [1.29, 1.82) is 0 Å². The van der Waals surface area contributed by atoms with Gasteiger partial charge in [0.2, 0.25) is 15.9 Å². The Balaban J connectivity index is 1.50. The van der Waals surface area contributed by atoms with Gasteiger partial charge in [0.1, 0.15) is 13.2 Å². The highest BCUT2D eigenvalue weighted by Gasteiger charge is 2.14. The Morgan fingerprint density at radius 1 is 0.966 bits per heavy atom. The molecule has 3 rings (SSSR count). The van der Waals surface area contributed by atoms with Gasteiger partial charge in [0.15, 0.2) is 11.5 Å². The van der Waals surface area contributed by atoms with Crippen LogP contribution in [-0.2, 0) is 33.5 Å². The molecule has 0 radical (unpaired) electrons. The molecule has 0 unspecified atom stereocenters. The van der Waals surface area contributed by atoms with E-state index in [2.05, 4.69) is 10.0 Å². The summed E-state index contributed by atoms with van der Waals surface area (Å²) in [4.78, 5) is 12.2.